The molecule has 112 valence electrons. The molecule has 0 aliphatic heterocycles. The standard InChI is InChI=1S/C15H17FN2O2S/c1-11-5-6-15(8-13(11)9-17)21(19,20)18-10-12-3-2-4-14(16)7-12/h2-8,18H,9-10,17H2,1H3. The summed E-state index contributed by atoms with van der Waals surface area (Å²) < 4.78 is 40.0. The Hall–Kier alpha value is -1.76. The third-order valence-electron chi connectivity index (χ3n) is 3.21. The predicted molar refractivity (Wildman–Crippen MR) is 79.5 cm³/mol. The van der Waals surface area contributed by atoms with E-state index in [1.807, 2.05) is 6.92 Å². The zero-order valence-corrected chi connectivity index (χ0v) is 12.5. The molecule has 0 bridgehead atoms. The Morgan fingerprint density at radius 3 is 2.62 bits per heavy atom. The van der Waals surface area contributed by atoms with Gasteiger partial charge in [-0.15, -0.1) is 0 Å². The Morgan fingerprint density at radius 1 is 1.19 bits per heavy atom. The molecule has 2 aromatic rings. The normalized spacial score (nSPS) is 11.6. The second-order valence-electron chi connectivity index (χ2n) is 4.75. The van der Waals surface area contributed by atoms with Crippen LogP contribution in [-0.2, 0) is 23.1 Å². The molecular weight excluding hydrogens is 291 g/mol. The second-order valence-corrected chi connectivity index (χ2v) is 6.51. The maximum atomic E-state index is 13.1. The average Bonchev–Trinajstić information content (AvgIpc) is 2.46. The first-order chi connectivity index (χ1) is 9.92. The molecular formula is C15H17FN2O2S. The lowest BCUT2D eigenvalue weighted by Gasteiger charge is -2.10. The molecule has 21 heavy (non-hydrogen) atoms. The number of hydrogen-bond acceptors (Lipinski definition) is 3. The lowest BCUT2D eigenvalue weighted by atomic mass is 10.1. The third-order valence-corrected chi connectivity index (χ3v) is 4.61. The molecule has 3 N–H and O–H groups in total. The van der Waals surface area contributed by atoms with Crippen LogP contribution in [0.25, 0.3) is 0 Å². The van der Waals surface area contributed by atoms with Gasteiger partial charge in [-0.05, 0) is 47.9 Å². The third kappa shape index (κ3) is 3.87. The van der Waals surface area contributed by atoms with Gasteiger partial charge < -0.3 is 5.73 Å². The lowest BCUT2D eigenvalue weighted by molar-refractivity contribution is 0.580. The highest BCUT2D eigenvalue weighted by Gasteiger charge is 2.15. The van der Waals surface area contributed by atoms with E-state index >= 15 is 0 Å². The fourth-order valence-corrected chi connectivity index (χ4v) is 3.01. The Kier molecular flexibility index (Phi) is 4.72. The Bertz CT molecular complexity index is 745. The first-order valence-corrected chi connectivity index (χ1v) is 7.94. The number of hydrogen-bond donors (Lipinski definition) is 2. The van der Waals surface area contributed by atoms with Crippen LogP contribution in [0, 0.1) is 12.7 Å². The Labute approximate surface area is 123 Å². The first kappa shape index (κ1) is 15.6. The van der Waals surface area contributed by atoms with Crippen LogP contribution < -0.4 is 10.5 Å². The average molecular weight is 308 g/mol. The van der Waals surface area contributed by atoms with E-state index in [2.05, 4.69) is 4.72 Å². The van der Waals surface area contributed by atoms with Crippen LogP contribution in [0.2, 0.25) is 0 Å². The fourth-order valence-electron chi connectivity index (χ4n) is 1.94. The van der Waals surface area contributed by atoms with Gasteiger partial charge in [-0.1, -0.05) is 18.2 Å². The Morgan fingerprint density at radius 2 is 1.95 bits per heavy atom. The molecule has 2 rings (SSSR count). The molecule has 0 fully saturated rings. The van der Waals surface area contributed by atoms with E-state index in [-0.39, 0.29) is 18.0 Å². The summed E-state index contributed by atoms with van der Waals surface area (Å²) >= 11 is 0. The van der Waals surface area contributed by atoms with Crippen molar-refractivity contribution in [2.45, 2.75) is 24.9 Å². The van der Waals surface area contributed by atoms with Crippen molar-refractivity contribution in [3.63, 3.8) is 0 Å². The summed E-state index contributed by atoms with van der Waals surface area (Å²) in [5.41, 5.74) is 7.87. The van der Waals surface area contributed by atoms with Gasteiger partial charge in [0.1, 0.15) is 5.82 Å². The molecule has 0 saturated heterocycles. The molecule has 4 nitrogen and oxygen atoms in total. The highest BCUT2D eigenvalue weighted by atomic mass is 32.2. The smallest absolute Gasteiger partial charge is 0.240 e. The van der Waals surface area contributed by atoms with Crippen molar-refractivity contribution in [2.24, 2.45) is 5.73 Å². The summed E-state index contributed by atoms with van der Waals surface area (Å²) in [5.74, 6) is -0.396. The summed E-state index contributed by atoms with van der Waals surface area (Å²) in [6.45, 7) is 2.18. The largest absolute Gasteiger partial charge is 0.326 e. The van der Waals surface area contributed by atoms with Crippen molar-refractivity contribution in [3.8, 4) is 0 Å². The predicted octanol–water partition coefficient (Wildman–Crippen LogP) is 2.07. The van der Waals surface area contributed by atoms with E-state index in [4.69, 9.17) is 5.73 Å². The zero-order chi connectivity index (χ0) is 15.5. The number of nitrogens with two attached hydrogens (primary N) is 1. The van der Waals surface area contributed by atoms with E-state index in [1.165, 1.54) is 24.3 Å². The lowest BCUT2D eigenvalue weighted by Crippen LogP contribution is -2.23. The van der Waals surface area contributed by atoms with Crippen LogP contribution in [0.1, 0.15) is 16.7 Å². The molecule has 0 saturated carbocycles. The van der Waals surface area contributed by atoms with Crippen LogP contribution in [-0.4, -0.2) is 8.42 Å². The topological polar surface area (TPSA) is 72.2 Å². The summed E-state index contributed by atoms with van der Waals surface area (Å²) in [6.07, 6.45) is 0. The van der Waals surface area contributed by atoms with Gasteiger partial charge in [0.05, 0.1) is 4.90 Å². The summed E-state index contributed by atoms with van der Waals surface area (Å²) in [5, 5.41) is 0. The van der Waals surface area contributed by atoms with Crippen molar-refractivity contribution in [2.75, 3.05) is 0 Å². The van der Waals surface area contributed by atoms with Crippen molar-refractivity contribution >= 4 is 10.0 Å². The molecule has 0 heterocycles. The summed E-state index contributed by atoms with van der Waals surface area (Å²) in [7, 11) is -3.65. The van der Waals surface area contributed by atoms with Gasteiger partial charge in [-0.3, -0.25) is 0 Å². The molecule has 0 aromatic heterocycles. The van der Waals surface area contributed by atoms with Gasteiger partial charge in [-0.2, -0.15) is 0 Å². The fraction of sp³-hybridized carbons (Fsp3) is 0.200. The minimum absolute atomic E-state index is 0.0337. The molecule has 0 spiro atoms. The van der Waals surface area contributed by atoms with Crippen molar-refractivity contribution < 1.29 is 12.8 Å². The van der Waals surface area contributed by atoms with Gasteiger partial charge in [0, 0.05) is 13.1 Å². The van der Waals surface area contributed by atoms with Crippen LogP contribution in [0.5, 0.6) is 0 Å². The highest BCUT2D eigenvalue weighted by molar-refractivity contribution is 7.89. The number of nitrogens with one attached hydrogen (secondary N) is 1. The van der Waals surface area contributed by atoms with Gasteiger partial charge >= 0.3 is 0 Å². The monoisotopic (exact) mass is 308 g/mol. The minimum Gasteiger partial charge on any atom is -0.326 e. The molecule has 0 atom stereocenters. The maximum absolute atomic E-state index is 13.1. The number of halogens is 1. The molecule has 0 aliphatic carbocycles. The quantitative estimate of drug-likeness (QED) is 0.888. The molecule has 6 heteroatoms. The van der Waals surface area contributed by atoms with E-state index in [1.54, 1.807) is 18.2 Å². The molecule has 0 amide bonds. The van der Waals surface area contributed by atoms with Crippen LogP contribution >= 0.6 is 0 Å². The molecule has 0 radical (unpaired) electrons. The summed E-state index contributed by atoms with van der Waals surface area (Å²) in [6, 6.07) is 10.6. The number of sulfonamides is 1. The van der Waals surface area contributed by atoms with E-state index in [0.717, 1.165) is 11.1 Å². The number of aryl methyl sites for hydroxylation is 1. The minimum atomic E-state index is -3.65. The van der Waals surface area contributed by atoms with Crippen molar-refractivity contribution in [3.05, 3.63) is 65.0 Å². The maximum Gasteiger partial charge on any atom is 0.240 e. The van der Waals surface area contributed by atoms with Gasteiger partial charge in [0.2, 0.25) is 10.0 Å². The van der Waals surface area contributed by atoms with Gasteiger partial charge in [-0.25, -0.2) is 17.5 Å². The van der Waals surface area contributed by atoms with E-state index < -0.39 is 15.8 Å². The summed E-state index contributed by atoms with van der Waals surface area (Å²) in [4.78, 5) is 0.157. The van der Waals surface area contributed by atoms with Gasteiger partial charge in [0.15, 0.2) is 0 Å². The van der Waals surface area contributed by atoms with Crippen molar-refractivity contribution in [1.82, 2.24) is 4.72 Å². The molecule has 2 aromatic carbocycles. The van der Waals surface area contributed by atoms with Crippen LogP contribution in [0.15, 0.2) is 47.4 Å². The van der Waals surface area contributed by atoms with Crippen molar-refractivity contribution in [1.29, 1.82) is 0 Å². The number of benzene rings is 2. The van der Waals surface area contributed by atoms with Gasteiger partial charge in [0.25, 0.3) is 0 Å². The molecule has 0 aliphatic rings. The van der Waals surface area contributed by atoms with Crippen LogP contribution in [0.3, 0.4) is 0 Å². The Balaban J connectivity index is 2.18. The SMILES string of the molecule is Cc1ccc(S(=O)(=O)NCc2cccc(F)c2)cc1CN. The van der Waals surface area contributed by atoms with E-state index in [9.17, 15) is 12.8 Å². The second kappa shape index (κ2) is 6.34. The zero-order valence-electron chi connectivity index (χ0n) is 11.6. The highest BCUT2D eigenvalue weighted by Crippen LogP contribution is 2.15. The number of rotatable bonds is 5. The van der Waals surface area contributed by atoms with Crippen LogP contribution in [0.4, 0.5) is 4.39 Å². The first-order valence-electron chi connectivity index (χ1n) is 6.46. The molecule has 0 unspecified atom stereocenters. The van der Waals surface area contributed by atoms with E-state index in [0.29, 0.717) is 5.56 Å².